The molecule has 110 valence electrons. The van der Waals surface area contributed by atoms with Crippen molar-refractivity contribution in [2.75, 3.05) is 19.6 Å². The van der Waals surface area contributed by atoms with E-state index in [1.807, 2.05) is 19.9 Å². The minimum absolute atomic E-state index is 0.534. The van der Waals surface area contributed by atoms with Crippen LogP contribution < -0.4 is 0 Å². The summed E-state index contributed by atoms with van der Waals surface area (Å²) in [5.41, 5.74) is 2.20. The summed E-state index contributed by atoms with van der Waals surface area (Å²) < 4.78 is 5.71. The maximum atomic E-state index is 10.3. The van der Waals surface area contributed by atoms with Crippen LogP contribution in [0.15, 0.2) is 22.6 Å². The van der Waals surface area contributed by atoms with E-state index in [0.29, 0.717) is 5.76 Å². The first-order valence-electron chi connectivity index (χ1n) is 7.41. The molecule has 2 rings (SSSR count). The van der Waals surface area contributed by atoms with E-state index in [1.54, 1.807) is 6.08 Å². The molecule has 0 aromatic carbocycles. The molecule has 1 aromatic rings. The van der Waals surface area contributed by atoms with Gasteiger partial charge in [0.05, 0.1) is 0 Å². The maximum absolute atomic E-state index is 10.3. The fourth-order valence-corrected chi connectivity index (χ4v) is 2.64. The molecule has 20 heavy (non-hydrogen) atoms. The first-order chi connectivity index (χ1) is 9.60. The van der Waals surface area contributed by atoms with Gasteiger partial charge in [0.15, 0.2) is 0 Å². The Morgan fingerprint density at radius 1 is 1.45 bits per heavy atom. The fraction of sp³-hybridized carbons (Fsp3) is 0.529. The predicted octanol–water partition coefficient (Wildman–Crippen LogP) is 3.87. The van der Waals surface area contributed by atoms with Crippen molar-refractivity contribution in [3.8, 4) is 0 Å². The molecule has 1 aliphatic heterocycles. The Labute approximate surface area is 121 Å². The van der Waals surface area contributed by atoms with Gasteiger partial charge in [0.25, 0.3) is 0 Å². The maximum Gasteiger partial charge on any atom is 0.133 e. The summed E-state index contributed by atoms with van der Waals surface area (Å²) in [6.07, 6.45) is 6.50. The molecule has 2 heterocycles. The Kier molecular flexibility index (Phi) is 5.21. The SMILES string of the molecule is C=Cc1oc(C(O)CCN2CCCC2)cc1C=C(C)C. The second-order valence-electron chi connectivity index (χ2n) is 5.75. The lowest BCUT2D eigenvalue weighted by atomic mass is 10.1. The lowest BCUT2D eigenvalue weighted by Crippen LogP contribution is -2.21. The highest BCUT2D eigenvalue weighted by molar-refractivity contribution is 5.62. The van der Waals surface area contributed by atoms with Crippen LogP contribution in [0.4, 0.5) is 0 Å². The van der Waals surface area contributed by atoms with Crippen LogP contribution in [-0.2, 0) is 0 Å². The summed E-state index contributed by atoms with van der Waals surface area (Å²) in [7, 11) is 0. The standard InChI is InChI=1S/C17H25NO2/c1-4-16-14(11-13(2)3)12-17(20-16)15(19)7-10-18-8-5-6-9-18/h4,11-12,15,19H,1,5-10H2,2-3H3. The average molecular weight is 275 g/mol. The molecular weight excluding hydrogens is 250 g/mol. The van der Waals surface area contributed by atoms with Crippen LogP contribution in [0.25, 0.3) is 12.2 Å². The number of likely N-dealkylation sites (tertiary alicyclic amines) is 1. The van der Waals surface area contributed by atoms with Crippen LogP contribution in [0.3, 0.4) is 0 Å². The van der Waals surface area contributed by atoms with Crippen molar-refractivity contribution in [1.82, 2.24) is 4.90 Å². The quantitative estimate of drug-likeness (QED) is 0.856. The first kappa shape index (κ1) is 15.1. The van der Waals surface area contributed by atoms with Gasteiger partial charge in [0, 0.05) is 12.1 Å². The lowest BCUT2D eigenvalue weighted by molar-refractivity contribution is 0.125. The number of hydrogen-bond donors (Lipinski definition) is 1. The van der Waals surface area contributed by atoms with Crippen LogP contribution in [0.1, 0.15) is 56.3 Å². The molecule has 0 amide bonds. The second kappa shape index (κ2) is 6.91. The molecule has 0 aliphatic carbocycles. The summed E-state index contributed by atoms with van der Waals surface area (Å²) in [5.74, 6) is 1.38. The molecule has 1 aromatic heterocycles. The number of furan rings is 1. The monoisotopic (exact) mass is 275 g/mol. The summed E-state index contributed by atoms with van der Waals surface area (Å²) in [6, 6.07) is 1.93. The average Bonchev–Trinajstić information content (AvgIpc) is 3.04. The number of nitrogens with zero attached hydrogens (tertiary/aromatic N) is 1. The van der Waals surface area contributed by atoms with Crippen molar-refractivity contribution in [2.45, 2.75) is 39.2 Å². The minimum atomic E-state index is -0.534. The summed E-state index contributed by atoms with van der Waals surface area (Å²) >= 11 is 0. The first-order valence-corrected chi connectivity index (χ1v) is 7.41. The van der Waals surface area contributed by atoms with E-state index in [-0.39, 0.29) is 0 Å². The molecule has 1 atom stereocenters. The smallest absolute Gasteiger partial charge is 0.133 e. The molecule has 0 bridgehead atoms. The summed E-state index contributed by atoms with van der Waals surface area (Å²) in [4.78, 5) is 2.40. The predicted molar refractivity (Wildman–Crippen MR) is 83.4 cm³/mol. The highest BCUT2D eigenvalue weighted by Gasteiger charge is 2.18. The van der Waals surface area contributed by atoms with Gasteiger partial charge in [0.2, 0.25) is 0 Å². The number of allylic oxidation sites excluding steroid dienone is 1. The highest BCUT2D eigenvalue weighted by atomic mass is 16.4. The van der Waals surface area contributed by atoms with E-state index in [4.69, 9.17) is 4.42 Å². The van der Waals surface area contributed by atoms with Gasteiger partial charge in [-0.2, -0.15) is 0 Å². The Hall–Kier alpha value is -1.32. The number of aliphatic hydroxyl groups excluding tert-OH is 1. The van der Waals surface area contributed by atoms with E-state index in [2.05, 4.69) is 17.6 Å². The van der Waals surface area contributed by atoms with Gasteiger partial charge in [-0.25, -0.2) is 0 Å². The van der Waals surface area contributed by atoms with Gasteiger partial charge in [-0.1, -0.05) is 18.2 Å². The molecule has 1 unspecified atom stereocenters. The van der Waals surface area contributed by atoms with Crippen LogP contribution in [-0.4, -0.2) is 29.6 Å². The number of rotatable bonds is 6. The van der Waals surface area contributed by atoms with Gasteiger partial charge < -0.3 is 14.4 Å². The topological polar surface area (TPSA) is 36.6 Å². The van der Waals surface area contributed by atoms with Gasteiger partial charge >= 0.3 is 0 Å². The normalized spacial score (nSPS) is 17.1. The zero-order valence-corrected chi connectivity index (χ0v) is 12.6. The van der Waals surface area contributed by atoms with Gasteiger partial charge in [-0.3, -0.25) is 0 Å². The van der Waals surface area contributed by atoms with Crippen molar-refractivity contribution in [2.24, 2.45) is 0 Å². The number of hydrogen-bond acceptors (Lipinski definition) is 3. The molecular formula is C17H25NO2. The van der Waals surface area contributed by atoms with Crippen molar-refractivity contribution in [1.29, 1.82) is 0 Å². The lowest BCUT2D eigenvalue weighted by Gasteiger charge is -2.16. The van der Waals surface area contributed by atoms with Crippen molar-refractivity contribution in [3.05, 3.63) is 35.3 Å². The Bertz CT molecular complexity index is 477. The van der Waals surface area contributed by atoms with E-state index >= 15 is 0 Å². The molecule has 0 radical (unpaired) electrons. The van der Waals surface area contributed by atoms with Gasteiger partial charge in [0.1, 0.15) is 17.6 Å². The summed E-state index contributed by atoms with van der Waals surface area (Å²) in [5, 5.41) is 10.3. The Morgan fingerprint density at radius 2 is 2.15 bits per heavy atom. The zero-order chi connectivity index (χ0) is 14.5. The van der Waals surface area contributed by atoms with Gasteiger partial charge in [-0.05, 0) is 58.3 Å². The molecule has 1 fully saturated rings. The minimum Gasteiger partial charge on any atom is -0.458 e. The Morgan fingerprint density at radius 3 is 2.75 bits per heavy atom. The third kappa shape index (κ3) is 3.84. The second-order valence-corrected chi connectivity index (χ2v) is 5.75. The molecule has 3 nitrogen and oxygen atoms in total. The molecule has 3 heteroatoms. The van der Waals surface area contributed by atoms with Crippen LogP contribution in [0.5, 0.6) is 0 Å². The molecule has 0 spiro atoms. The Balaban J connectivity index is 2.01. The largest absolute Gasteiger partial charge is 0.458 e. The zero-order valence-electron chi connectivity index (χ0n) is 12.6. The fourth-order valence-electron chi connectivity index (χ4n) is 2.64. The van der Waals surface area contributed by atoms with Crippen LogP contribution in [0.2, 0.25) is 0 Å². The molecule has 1 aliphatic rings. The summed E-state index contributed by atoms with van der Waals surface area (Å²) in [6.45, 7) is 11.1. The van der Waals surface area contributed by atoms with E-state index in [9.17, 15) is 5.11 Å². The third-order valence-electron chi connectivity index (χ3n) is 3.69. The van der Waals surface area contributed by atoms with Gasteiger partial charge in [-0.15, -0.1) is 0 Å². The highest BCUT2D eigenvalue weighted by Crippen LogP contribution is 2.26. The molecule has 0 saturated carbocycles. The molecule has 1 saturated heterocycles. The van der Waals surface area contributed by atoms with E-state index < -0.39 is 6.10 Å². The van der Waals surface area contributed by atoms with Crippen LogP contribution >= 0.6 is 0 Å². The van der Waals surface area contributed by atoms with Crippen LogP contribution in [0, 0.1) is 0 Å². The van der Waals surface area contributed by atoms with E-state index in [0.717, 1.165) is 37.4 Å². The van der Waals surface area contributed by atoms with Crippen molar-refractivity contribution < 1.29 is 9.52 Å². The van der Waals surface area contributed by atoms with E-state index in [1.165, 1.54) is 18.4 Å². The van der Waals surface area contributed by atoms with Crippen molar-refractivity contribution in [3.63, 3.8) is 0 Å². The molecule has 1 N–H and O–H groups in total. The third-order valence-corrected chi connectivity index (χ3v) is 3.69. The van der Waals surface area contributed by atoms with Crippen molar-refractivity contribution >= 4 is 12.2 Å². The number of aliphatic hydroxyl groups is 1.